The van der Waals surface area contributed by atoms with Gasteiger partial charge in [0, 0.05) is 12.3 Å². The van der Waals surface area contributed by atoms with Gasteiger partial charge in [-0.1, -0.05) is 0 Å². The van der Waals surface area contributed by atoms with E-state index < -0.39 is 11.3 Å². The lowest BCUT2D eigenvalue weighted by molar-refractivity contribution is 0.0999. The number of nitrogens with one attached hydrogen (secondary N) is 2. The number of amides is 1. The summed E-state index contributed by atoms with van der Waals surface area (Å²) in [5.74, 6) is -0.802. The fraction of sp³-hybridized carbons (Fsp3) is 0. The quantitative estimate of drug-likeness (QED) is 0.573. The number of carbonyl (C=O) groups excluding carboxylic acids is 1. The molecular formula is C9H7N3O3. The summed E-state index contributed by atoms with van der Waals surface area (Å²) in [5.41, 5.74) is 4.33. The average Bonchev–Trinajstić information content (AvgIpc) is 2.17. The molecule has 15 heavy (non-hydrogen) atoms. The van der Waals surface area contributed by atoms with Crippen molar-refractivity contribution in [3.63, 3.8) is 0 Å². The van der Waals surface area contributed by atoms with Gasteiger partial charge in [-0.3, -0.25) is 14.4 Å². The summed E-state index contributed by atoms with van der Waals surface area (Å²) in [6, 6.07) is 2.56. The van der Waals surface area contributed by atoms with Gasteiger partial charge in [0.25, 0.3) is 5.91 Å². The fourth-order valence-electron chi connectivity index (χ4n) is 1.32. The summed E-state index contributed by atoms with van der Waals surface area (Å²) in [5, 5.41) is 0.228. The topological polar surface area (TPSA) is 109 Å². The molecule has 6 heteroatoms. The highest BCUT2D eigenvalue weighted by molar-refractivity contribution is 5.95. The molecule has 0 aromatic carbocycles. The summed E-state index contributed by atoms with van der Waals surface area (Å²) in [6.45, 7) is 0. The first-order valence-corrected chi connectivity index (χ1v) is 4.14. The second-order valence-electron chi connectivity index (χ2n) is 3.01. The number of carbonyl (C=O) groups is 1. The maximum atomic E-state index is 11.6. The molecule has 0 saturated carbocycles. The van der Waals surface area contributed by atoms with Gasteiger partial charge in [0.15, 0.2) is 0 Å². The first-order chi connectivity index (χ1) is 7.09. The van der Waals surface area contributed by atoms with Gasteiger partial charge < -0.3 is 15.7 Å². The van der Waals surface area contributed by atoms with Gasteiger partial charge in [-0.05, 0) is 6.07 Å². The van der Waals surface area contributed by atoms with Crippen LogP contribution in [0.15, 0.2) is 27.9 Å². The molecule has 0 radical (unpaired) electrons. The maximum absolute atomic E-state index is 11.6. The van der Waals surface area contributed by atoms with E-state index in [0.717, 1.165) is 0 Å². The number of H-pyrrole nitrogens is 2. The number of rotatable bonds is 1. The molecule has 0 bridgehead atoms. The fourth-order valence-corrected chi connectivity index (χ4v) is 1.32. The van der Waals surface area contributed by atoms with Crippen molar-refractivity contribution in [2.24, 2.45) is 5.73 Å². The Kier molecular flexibility index (Phi) is 1.89. The van der Waals surface area contributed by atoms with Crippen molar-refractivity contribution in [1.82, 2.24) is 9.97 Å². The third-order valence-corrected chi connectivity index (χ3v) is 2.03. The van der Waals surface area contributed by atoms with Crippen LogP contribution in [0.3, 0.4) is 0 Å². The van der Waals surface area contributed by atoms with Gasteiger partial charge >= 0.3 is 0 Å². The first-order valence-electron chi connectivity index (χ1n) is 4.14. The van der Waals surface area contributed by atoms with E-state index in [-0.39, 0.29) is 22.2 Å². The Hall–Kier alpha value is -2.37. The van der Waals surface area contributed by atoms with Crippen LogP contribution < -0.4 is 16.7 Å². The second-order valence-corrected chi connectivity index (χ2v) is 3.01. The smallest absolute Gasteiger partial charge is 0.254 e. The minimum absolute atomic E-state index is 0.130. The summed E-state index contributed by atoms with van der Waals surface area (Å²) in [6.07, 6.45) is 1.18. The van der Waals surface area contributed by atoms with Gasteiger partial charge in [0.05, 0.1) is 5.39 Å². The van der Waals surface area contributed by atoms with Gasteiger partial charge in [0.2, 0.25) is 11.0 Å². The summed E-state index contributed by atoms with van der Waals surface area (Å²) >= 11 is 0. The Labute approximate surface area is 82.7 Å². The minimum Gasteiger partial charge on any atom is -0.365 e. The van der Waals surface area contributed by atoms with Crippen molar-refractivity contribution in [1.29, 1.82) is 0 Å². The number of pyridine rings is 2. The molecule has 2 aromatic heterocycles. The van der Waals surface area contributed by atoms with Crippen LogP contribution in [0.4, 0.5) is 0 Å². The van der Waals surface area contributed by atoms with E-state index in [2.05, 4.69) is 9.97 Å². The lowest BCUT2D eigenvalue weighted by atomic mass is 10.2. The van der Waals surface area contributed by atoms with Crippen molar-refractivity contribution < 1.29 is 4.79 Å². The van der Waals surface area contributed by atoms with E-state index in [0.29, 0.717) is 0 Å². The zero-order valence-corrected chi connectivity index (χ0v) is 7.53. The zero-order valence-electron chi connectivity index (χ0n) is 7.53. The molecular weight excluding hydrogens is 198 g/mol. The summed E-state index contributed by atoms with van der Waals surface area (Å²) < 4.78 is 0. The molecule has 76 valence electrons. The predicted molar refractivity (Wildman–Crippen MR) is 53.7 cm³/mol. The van der Waals surface area contributed by atoms with Crippen LogP contribution in [0.1, 0.15) is 10.4 Å². The van der Waals surface area contributed by atoms with E-state index in [1.807, 2.05) is 0 Å². The number of nitrogens with two attached hydrogens (primary N) is 1. The van der Waals surface area contributed by atoms with Crippen molar-refractivity contribution in [3.05, 3.63) is 44.5 Å². The van der Waals surface area contributed by atoms with Crippen LogP contribution in [0, 0.1) is 0 Å². The molecule has 0 aliphatic heterocycles. The molecule has 4 N–H and O–H groups in total. The van der Waals surface area contributed by atoms with Crippen LogP contribution in [-0.2, 0) is 0 Å². The first kappa shape index (κ1) is 9.20. The lowest BCUT2D eigenvalue weighted by Gasteiger charge is -1.98. The highest BCUT2D eigenvalue weighted by atomic mass is 16.2. The standard InChI is InChI=1S/C9H7N3O3/c10-8(15)5-3-11-9-4(7(5)14)1-2-6(13)12-9/h1-3H,(H2,10,15)(H2,11,12,13,14). The van der Waals surface area contributed by atoms with E-state index in [4.69, 9.17) is 5.73 Å². The number of fused-ring (bicyclic) bond motifs is 1. The lowest BCUT2D eigenvalue weighted by Crippen LogP contribution is -2.23. The number of hydrogen-bond donors (Lipinski definition) is 3. The minimum atomic E-state index is -0.802. The SMILES string of the molecule is NC(=O)c1c[nH]c2[nH]c(=O)ccc2c1=O. The monoisotopic (exact) mass is 205 g/mol. The molecule has 1 amide bonds. The number of primary amides is 1. The third kappa shape index (κ3) is 1.41. The van der Waals surface area contributed by atoms with Crippen molar-refractivity contribution in [3.8, 4) is 0 Å². The van der Waals surface area contributed by atoms with E-state index in [9.17, 15) is 14.4 Å². The Morgan fingerprint density at radius 1 is 1.27 bits per heavy atom. The van der Waals surface area contributed by atoms with Crippen molar-refractivity contribution in [2.45, 2.75) is 0 Å². The van der Waals surface area contributed by atoms with Crippen LogP contribution in [-0.4, -0.2) is 15.9 Å². The maximum Gasteiger partial charge on any atom is 0.254 e. The van der Waals surface area contributed by atoms with E-state index >= 15 is 0 Å². The molecule has 0 spiro atoms. The molecule has 0 aliphatic carbocycles. The Morgan fingerprint density at radius 2 is 2.00 bits per heavy atom. The van der Waals surface area contributed by atoms with Gasteiger partial charge in [-0.2, -0.15) is 0 Å². The van der Waals surface area contributed by atoms with E-state index in [1.165, 1.54) is 18.3 Å². The molecule has 0 saturated heterocycles. The molecule has 0 unspecified atom stereocenters. The van der Waals surface area contributed by atoms with Gasteiger partial charge in [0.1, 0.15) is 11.2 Å². The van der Waals surface area contributed by atoms with Crippen LogP contribution >= 0.6 is 0 Å². The van der Waals surface area contributed by atoms with Crippen LogP contribution in [0.25, 0.3) is 11.0 Å². The molecule has 0 atom stereocenters. The van der Waals surface area contributed by atoms with Gasteiger partial charge in [-0.15, -0.1) is 0 Å². The number of aromatic amines is 2. The normalized spacial score (nSPS) is 10.4. The second kappa shape index (κ2) is 3.09. The molecule has 0 aliphatic rings. The Bertz CT molecular complexity index is 653. The van der Waals surface area contributed by atoms with Crippen molar-refractivity contribution >= 4 is 16.9 Å². The zero-order chi connectivity index (χ0) is 11.0. The largest absolute Gasteiger partial charge is 0.365 e. The molecule has 2 heterocycles. The average molecular weight is 205 g/mol. The molecule has 2 aromatic rings. The van der Waals surface area contributed by atoms with Gasteiger partial charge in [-0.25, -0.2) is 0 Å². The predicted octanol–water partition coefficient (Wildman–Crippen LogP) is -0.685. The van der Waals surface area contributed by atoms with Crippen LogP contribution in [0.2, 0.25) is 0 Å². The third-order valence-electron chi connectivity index (χ3n) is 2.03. The van der Waals surface area contributed by atoms with Crippen LogP contribution in [0.5, 0.6) is 0 Å². The number of aromatic nitrogens is 2. The highest BCUT2D eigenvalue weighted by Crippen LogP contribution is 2.01. The number of hydrogen-bond acceptors (Lipinski definition) is 3. The summed E-state index contributed by atoms with van der Waals surface area (Å²) in [7, 11) is 0. The van der Waals surface area contributed by atoms with Crippen molar-refractivity contribution in [2.75, 3.05) is 0 Å². The molecule has 6 nitrogen and oxygen atoms in total. The molecule has 2 rings (SSSR count). The highest BCUT2D eigenvalue weighted by Gasteiger charge is 2.09. The Balaban J connectivity index is 2.92. The van der Waals surface area contributed by atoms with E-state index in [1.54, 1.807) is 0 Å². The summed E-state index contributed by atoms with van der Waals surface area (Å²) in [4.78, 5) is 38.5. The Morgan fingerprint density at radius 3 is 2.67 bits per heavy atom. The molecule has 0 fully saturated rings.